The monoisotopic (exact) mass is 373 g/mol. The number of benzene rings is 2. The zero-order valence-electron chi connectivity index (χ0n) is 15.1. The van der Waals surface area contributed by atoms with Gasteiger partial charge in [0, 0.05) is 17.8 Å². The number of hydrogen-bond donors (Lipinski definition) is 1. The molecule has 0 unspecified atom stereocenters. The summed E-state index contributed by atoms with van der Waals surface area (Å²) in [6.07, 6.45) is 1.37. The van der Waals surface area contributed by atoms with Crippen molar-refractivity contribution in [2.45, 2.75) is 19.8 Å². The number of aryl methyl sites for hydroxylation is 1. The number of nitrogens with one attached hydrogen (secondary N) is 1. The van der Waals surface area contributed by atoms with Crippen LogP contribution in [0.15, 0.2) is 30.3 Å². The minimum absolute atomic E-state index is 0.0134. The maximum Gasteiger partial charge on any atom is 0.296 e. The van der Waals surface area contributed by atoms with Gasteiger partial charge < -0.3 is 15.0 Å². The third-order valence-corrected chi connectivity index (χ3v) is 4.61. The van der Waals surface area contributed by atoms with Crippen molar-refractivity contribution in [2.75, 3.05) is 30.4 Å². The highest BCUT2D eigenvalue weighted by Crippen LogP contribution is 2.33. The van der Waals surface area contributed by atoms with E-state index in [9.17, 15) is 19.3 Å². The lowest BCUT2D eigenvalue weighted by Gasteiger charge is -2.32. The summed E-state index contributed by atoms with van der Waals surface area (Å²) in [7, 11) is 1.41. The molecule has 0 atom stereocenters. The second-order valence-corrected chi connectivity index (χ2v) is 6.40. The van der Waals surface area contributed by atoms with E-state index in [1.807, 2.05) is 11.8 Å². The molecule has 0 spiro atoms. The van der Waals surface area contributed by atoms with Crippen LogP contribution in [0, 0.1) is 22.9 Å². The number of rotatable bonds is 5. The van der Waals surface area contributed by atoms with Gasteiger partial charge in [-0.1, -0.05) is 6.07 Å². The summed E-state index contributed by atoms with van der Waals surface area (Å²) in [6.45, 7) is 2.48. The number of anilines is 2. The van der Waals surface area contributed by atoms with Crippen LogP contribution in [0.3, 0.4) is 0 Å². The molecule has 8 heteroatoms. The molecule has 0 radical (unpaired) electrons. The molecule has 0 bridgehead atoms. The Morgan fingerprint density at radius 3 is 2.85 bits per heavy atom. The molecule has 1 N–H and O–H groups in total. The van der Waals surface area contributed by atoms with Gasteiger partial charge in [-0.05, 0) is 43.5 Å². The minimum Gasteiger partial charge on any atom is -0.496 e. The fourth-order valence-electron chi connectivity index (χ4n) is 3.38. The molecule has 7 nitrogen and oxygen atoms in total. The lowest BCUT2D eigenvalue weighted by atomic mass is 9.97. The molecule has 1 heterocycles. The van der Waals surface area contributed by atoms with E-state index in [2.05, 4.69) is 5.32 Å². The Morgan fingerprint density at radius 2 is 2.15 bits per heavy atom. The van der Waals surface area contributed by atoms with Gasteiger partial charge in [0.1, 0.15) is 17.3 Å². The van der Waals surface area contributed by atoms with Crippen molar-refractivity contribution in [2.24, 2.45) is 0 Å². The first-order valence-corrected chi connectivity index (χ1v) is 8.56. The van der Waals surface area contributed by atoms with Gasteiger partial charge in [-0.3, -0.25) is 14.9 Å². The fraction of sp³-hybridized carbons (Fsp3) is 0.316. The van der Waals surface area contributed by atoms with Gasteiger partial charge in [0.05, 0.1) is 24.6 Å². The number of nitro benzene ring substituents is 1. The summed E-state index contributed by atoms with van der Waals surface area (Å²) in [5, 5.41) is 13.8. The summed E-state index contributed by atoms with van der Waals surface area (Å²) >= 11 is 0. The Morgan fingerprint density at radius 1 is 1.37 bits per heavy atom. The quantitative estimate of drug-likeness (QED) is 0.641. The number of ether oxygens (including phenoxy) is 1. The van der Waals surface area contributed by atoms with Gasteiger partial charge in [-0.2, -0.15) is 0 Å². The lowest BCUT2D eigenvalue weighted by molar-refractivity contribution is -0.384. The van der Waals surface area contributed by atoms with Crippen LogP contribution in [0.25, 0.3) is 0 Å². The van der Waals surface area contributed by atoms with Crippen LogP contribution in [0.4, 0.5) is 21.5 Å². The first-order chi connectivity index (χ1) is 12.9. The Labute approximate surface area is 155 Å². The van der Waals surface area contributed by atoms with Crippen LogP contribution in [0.5, 0.6) is 5.75 Å². The van der Waals surface area contributed by atoms with E-state index >= 15 is 0 Å². The van der Waals surface area contributed by atoms with Crippen molar-refractivity contribution in [3.63, 3.8) is 0 Å². The molecule has 27 heavy (non-hydrogen) atoms. The number of nitrogens with zero attached hydrogens (tertiary/aromatic N) is 2. The normalized spacial score (nSPS) is 13.1. The Hall–Kier alpha value is -3.16. The van der Waals surface area contributed by atoms with Crippen LogP contribution in [-0.4, -0.2) is 31.0 Å². The van der Waals surface area contributed by atoms with Crippen molar-refractivity contribution in [3.05, 3.63) is 57.4 Å². The predicted octanol–water partition coefficient (Wildman–Crippen LogP) is 3.44. The highest BCUT2D eigenvalue weighted by molar-refractivity contribution is 5.96. The van der Waals surface area contributed by atoms with Crippen molar-refractivity contribution >= 4 is 23.0 Å². The topological polar surface area (TPSA) is 84.7 Å². The van der Waals surface area contributed by atoms with Crippen LogP contribution in [0.1, 0.15) is 17.5 Å². The maximum atomic E-state index is 14.1. The molecule has 3 rings (SSSR count). The molecule has 0 fully saturated rings. The lowest BCUT2D eigenvalue weighted by Crippen LogP contribution is -2.37. The van der Waals surface area contributed by atoms with Gasteiger partial charge in [0.25, 0.3) is 5.69 Å². The van der Waals surface area contributed by atoms with E-state index in [0.717, 1.165) is 17.7 Å². The van der Waals surface area contributed by atoms with Gasteiger partial charge in [0.2, 0.25) is 5.91 Å². The molecule has 0 saturated carbocycles. The molecule has 0 aliphatic carbocycles. The fourth-order valence-corrected chi connectivity index (χ4v) is 3.38. The molecule has 0 aromatic heterocycles. The van der Waals surface area contributed by atoms with Crippen molar-refractivity contribution < 1.29 is 18.8 Å². The zero-order chi connectivity index (χ0) is 19.6. The largest absolute Gasteiger partial charge is 0.496 e. The van der Waals surface area contributed by atoms with Gasteiger partial charge in [0.15, 0.2) is 0 Å². The van der Waals surface area contributed by atoms with E-state index in [1.54, 1.807) is 12.1 Å². The Kier molecular flexibility index (Phi) is 5.25. The highest BCUT2D eigenvalue weighted by Gasteiger charge is 2.24. The Bertz CT molecular complexity index is 901. The third-order valence-electron chi connectivity index (χ3n) is 4.61. The molecule has 0 saturated heterocycles. The van der Waals surface area contributed by atoms with Gasteiger partial charge in [-0.25, -0.2) is 4.39 Å². The average molecular weight is 373 g/mol. The van der Waals surface area contributed by atoms with Crippen LogP contribution < -0.4 is 15.0 Å². The van der Waals surface area contributed by atoms with Crippen LogP contribution in [0.2, 0.25) is 0 Å². The van der Waals surface area contributed by atoms with Crippen LogP contribution in [-0.2, 0) is 11.2 Å². The third kappa shape index (κ3) is 3.84. The second-order valence-electron chi connectivity index (χ2n) is 6.40. The van der Waals surface area contributed by atoms with Crippen molar-refractivity contribution in [1.29, 1.82) is 0 Å². The van der Waals surface area contributed by atoms with Gasteiger partial charge in [-0.15, -0.1) is 0 Å². The molecular formula is C19H20FN3O4. The number of halogens is 1. The molecule has 2 aromatic carbocycles. The highest BCUT2D eigenvalue weighted by atomic mass is 19.1. The second kappa shape index (κ2) is 7.61. The summed E-state index contributed by atoms with van der Waals surface area (Å²) in [5.74, 6) is -0.345. The van der Waals surface area contributed by atoms with Crippen molar-refractivity contribution in [1.82, 2.24) is 0 Å². The minimum atomic E-state index is -0.576. The molecule has 1 aliphatic heterocycles. The molecule has 1 amide bonds. The van der Waals surface area contributed by atoms with E-state index in [0.29, 0.717) is 24.3 Å². The summed E-state index contributed by atoms with van der Waals surface area (Å²) in [5.41, 5.74) is 2.10. The average Bonchev–Trinajstić information content (AvgIpc) is 2.65. The smallest absolute Gasteiger partial charge is 0.296 e. The first kappa shape index (κ1) is 18.6. The standard InChI is InChI=1S/C19H20FN3O4/c1-12-5-7-15(20)14-4-3-9-22(19(12)14)11-18(24)21-16-8-6-13(27-2)10-17(16)23(25)26/h5-8,10H,3-4,9,11H2,1-2H3,(H,21,24). The summed E-state index contributed by atoms with van der Waals surface area (Å²) < 4.78 is 19.1. The summed E-state index contributed by atoms with van der Waals surface area (Å²) in [4.78, 5) is 25.0. The number of carbonyl (C=O) groups excluding carboxylic acids is 1. The van der Waals surface area contributed by atoms with Crippen molar-refractivity contribution in [3.8, 4) is 5.75 Å². The summed E-state index contributed by atoms with van der Waals surface area (Å²) in [6, 6.07) is 7.37. The van der Waals surface area contributed by atoms with E-state index in [1.165, 1.54) is 25.3 Å². The number of amides is 1. The maximum absolute atomic E-state index is 14.1. The SMILES string of the molecule is COc1ccc(NC(=O)CN2CCCc3c(F)ccc(C)c32)c([N+](=O)[O-])c1. The van der Waals surface area contributed by atoms with E-state index < -0.39 is 10.8 Å². The number of carbonyl (C=O) groups is 1. The van der Waals surface area contributed by atoms with E-state index in [4.69, 9.17) is 4.74 Å². The van der Waals surface area contributed by atoms with E-state index in [-0.39, 0.29) is 23.7 Å². The predicted molar refractivity (Wildman–Crippen MR) is 99.9 cm³/mol. The van der Waals surface area contributed by atoms with Gasteiger partial charge >= 0.3 is 0 Å². The van der Waals surface area contributed by atoms with Crippen LogP contribution >= 0.6 is 0 Å². The molecule has 1 aliphatic rings. The Balaban J connectivity index is 1.81. The first-order valence-electron chi connectivity index (χ1n) is 8.56. The number of hydrogen-bond acceptors (Lipinski definition) is 5. The number of methoxy groups -OCH3 is 1. The molecule has 2 aromatic rings. The molecular weight excluding hydrogens is 353 g/mol. The number of nitro groups is 1. The molecule has 142 valence electrons. The number of fused-ring (bicyclic) bond motifs is 1. The zero-order valence-corrected chi connectivity index (χ0v) is 15.1.